The Bertz CT molecular complexity index is 594. The number of benzene rings is 1. The van der Waals surface area contributed by atoms with Crippen LogP contribution >= 0.6 is 0 Å². The monoisotopic (exact) mass is 267 g/mol. The lowest BCUT2D eigenvalue weighted by molar-refractivity contribution is -0.137. The molecule has 0 bridgehead atoms. The van der Waals surface area contributed by atoms with Gasteiger partial charge in [0.1, 0.15) is 0 Å². The first-order valence-corrected chi connectivity index (χ1v) is 5.90. The summed E-state index contributed by atoms with van der Waals surface area (Å²) in [5, 5.41) is 6.76. The van der Waals surface area contributed by atoms with E-state index in [0.717, 1.165) is 30.5 Å². The highest BCUT2D eigenvalue weighted by Gasteiger charge is 2.42. The number of hydrogen-bond acceptors (Lipinski definition) is 2. The molecule has 0 radical (unpaired) electrons. The van der Waals surface area contributed by atoms with Crippen LogP contribution in [0.2, 0.25) is 0 Å². The lowest BCUT2D eigenvalue weighted by atomic mass is 10.0. The van der Waals surface area contributed by atoms with E-state index in [2.05, 4.69) is 10.2 Å². The van der Waals surface area contributed by atoms with Gasteiger partial charge in [0.25, 0.3) is 0 Å². The van der Waals surface area contributed by atoms with Gasteiger partial charge in [-0.3, -0.25) is 5.10 Å². The average Bonchev–Trinajstić information content (AvgIpc) is 2.93. The van der Waals surface area contributed by atoms with E-state index in [1.807, 2.05) is 0 Å². The fourth-order valence-electron chi connectivity index (χ4n) is 2.11. The van der Waals surface area contributed by atoms with Crippen molar-refractivity contribution in [2.45, 2.75) is 24.6 Å². The third kappa shape index (κ3) is 2.12. The first-order valence-electron chi connectivity index (χ1n) is 5.90. The van der Waals surface area contributed by atoms with Crippen molar-refractivity contribution in [1.29, 1.82) is 0 Å². The number of aromatic nitrogens is 2. The van der Waals surface area contributed by atoms with Crippen molar-refractivity contribution < 1.29 is 13.2 Å². The summed E-state index contributed by atoms with van der Waals surface area (Å²) < 4.78 is 37.5. The summed E-state index contributed by atoms with van der Waals surface area (Å²) in [6.45, 7) is 0. The minimum Gasteiger partial charge on any atom is -0.321 e. The van der Waals surface area contributed by atoms with Gasteiger partial charge in [0, 0.05) is 11.1 Å². The molecule has 2 aromatic rings. The van der Waals surface area contributed by atoms with Gasteiger partial charge in [-0.25, -0.2) is 0 Å². The highest BCUT2D eigenvalue weighted by molar-refractivity contribution is 5.65. The molecule has 1 saturated carbocycles. The Balaban J connectivity index is 1.97. The molecule has 1 aliphatic carbocycles. The van der Waals surface area contributed by atoms with Gasteiger partial charge in [-0.2, -0.15) is 18.3 Å². The zero-order valence-corrected chi connectivity index (χ0v) is 9.96. The number of aromatic amines is 1. The summed E-state index contributed by atoms with van der Waals surface area (Å²) in [6, 6.07) is 5.00. The number of H-pyrrole nitrogens is 1. The number of hydrogen-bond donors (Lipinski definition) is 2. The summed E-state index contributed by atoms with van der Waals surface area (Å²) in [5.41, 5.74) is 7.31. The van der Waals surface area contributed by atoms with Crippen LogP contribution in [0, 0.1) is 0 Å². The summed E-state index contributed by atoms with van der Waals surface area (Å²) in [4.78, 5) is 0. The van der Waals surface area contributed by atoms with E-state index in [4.69, 9.17) is 5.73 Å². The standard InChI is InChI=1S/C13H12F3N3/c14-13(15,16)9-3-1-8(2-4-9)11-10(7-18-19-11)12(17)5-6-12/h1-4,7H,5-6,17H2,(H,18,19). The Kier molecular flexibility index (Phi) is 2.47. The van der Waals surface area contributed by atoms with Gasteiger partial charge in [0.2, 0.25) is 0 Å². The molecular weight excluding hydrogens is 255 g/mol. The molecule has 1 aromatic carbocycles. The summed E-state index contributed by atoms with van der Waals surface area (Å²) >= 11 is 0. The fraction of sp³-hybridized carbons (Fsp3) is 0.308. The van der Waals surface area contributed by atoms with E-state index in [1.54, 1.807) is 6.20 Å². The predicted octanol–water partition coefficient (Wildman–Crippen LogP) is 3.04. The Hall–Kier alpha value is -1.82. The fourth-order valence-corrected chi connectivity index (χ4v) is 2.11. The molecule has 1 aromatic heterocycles. The van der Waals surface area contributed by atoms with Gasteiger partial charge in [0.15, 0.2) is 0 Å². The highest BCUT2D eigenvalue weighted by atomic mass is 19.4. The van der Waals surface area contributed by atoms with E-state index >= 15 is 0 Å². The smallest absolute Gasteiger partial charge is 0.321 e. The highest BCUT2D eigenvalue weighted by Crippen LogP contribution is 2.45. The second-order valence-electron chi connectivity index (χ2n) is 4.89. The van der Waals surface area contributed by atoms with Gasteiger partial charge < -0.3 is 5.73 Å². The Morgan fingerprint density at radius 2 is 1.79 bits per heavy atom. The molecule has 0 saturated heterocycles. The van der Waals surface area contributed by atoms with Crippen molar-refractivity contribution in [2.75, 3.05) is 0 Å². The Labute approximate surface area is 107 Å². The maximum atomic E-state index is 12.5. The second kappa shape index (κ2) is 3.84. The number of nitrogens with zero attached hydrogens (tertiary/aromatic N) is 1. The van der Waals surface area contributed by atoms with Crippen molar-refractivity contribution in [1.82, 2.24) is 10.2 Å². The molecule has 0 spiro atoms. The first kappa shape index (κ1) is 12.2. The summed E-state index contributed by atoms with van der Waals surface area (Å²) in [6.07, 6.45) is -0.915. The zero-order chi connectivity index (χ0) is 13.7. The van der Waals surface area contributed by atoms with Crippen LogP contribution in [0.4, 0.5) is 13.2 Å². The van der Waals surface area contributed by atoms with Gasteiger partial charge in [-0.05, 0) is 30.5 Å². The number of nitrogens with two attached hydrogens (primary N) is 1. The molecule has 0 unspecified atom stereocenters. The quantitative estimate of drug-likeness (QED) is 0.878. The topological polar surface area (TPSA) is 54.7 Å². The molecular formula is C13H12F3N3. The van der Waals surface area contributed by atoms with Gasteiger partial charge in [-0.1, -0.05) is 12.1 Å². The van der Waals surface area contributed by atoms with Crippen molar-refractivity contribution in [3.8, 4) is 11.3 Å². The van der Waals surface area contributed by atoms with Crippen molar-refractivity contribution in [2.24, 2.45) is 5.73 Å². The van der Waals surface area contributed by atoms with Crippen molar-refractivity contribution >= 4 is 0 Å². The minimum absolute atomic E-state index is 0.370. The lowest BCUT2D eigenvalue weighted by Crippen LogP contribution is -2.18. The van der Waals surface area contributed by atoms with E-state index in [9.17, 15) is 13.2 Å². The van der Waals surface area contributed by atoms with Crippen LogP contribution in [0.15, 0.2) is 30.5 Å². The molecule has 6 heteroatoms. The van der Waals surface area contributed by atoms with Crippen LogP contribution in [-0.4, -0.2) is 10.2 Å². The molecule has 3 N–H and O–H groups in total. The van der Waals surface area contributed by atoms with Crippen molar-refractivity contribution in [3.05, 3.63) is 41.6 Å². The van der Waals surface area contributed by atoms with Crippen LogP contribution in [0.3, 0.4) is 0 Å². The molecule has 0 atom stereocenters. The van der Waals surface area contributed by atoms with Gasteiger partial charge in [-0.15, -0.1) is 0 Å². The number of halogens is 3. The van der Waals surface area contributed by atoms with Crippen LogP contribution in [0.1, 0.15) is 24.0 Å². The molecule has 19 heavy (non-hydrogen) atoms. The molecule has 1 fully saturated rings. The molecule has 0 amide bonds. The SMILES string of the molecule is NC1(c2cn[nH]c2-c2ccc(C(F)(F)F)cc2)CC1. The van der Waals surface area contributed by atoms with Crippen LogP contribution < -0.4 is 5.73 Å². The predicted molar refractivity (Wildman–Crippen MR) is 64.1 cm³/mol. The third-order valence-electron chi connectivity index (χ3n) is 3.47. The van der Waals surface area contributed by atoms with Gasteiger partial charge >= 0.3 is 6.18 Å². The van der Waals surface area contributed by atoms with Crippen LogP contribution in [0.25, 0.3) is 11.3 Å². The Morgan fingerprint density at radius 3 is 2.32 bits per heavy atom. The second-order valence-corrected chi connectivity index (χ2v) is 4.89. The maximum absolute atomic E-state index is 12.5. The molecule has 3 rings (SSSR count). The van der Waals surface area contributed by atoms with E-state index in [-0.39, 0.29) is 5.54 Å². The number of alkyl halides is 3. The number of rotatable bonds is 2. The third-order valence-corrected chi connectivity index (χ3v) is 3.47. The first-order chi connectivity index (χ1) is 8.90. The largest absolute Gasteiger partial charge is 0.416 e. The number of nitrogens with one attached hydrogen (secondary N) is 1. The Morgan fingerprint density at radius 1 is 1.16 bits per heavy atom. The average molecular weight is 267 g/mol. The van der Waals surface area contributed by atoms with Crippen molar-refractivity contribution in [3.63, 3.8) is 0 Å². The van der Waals surface area contributed by atoms with Crippen LogP contribution in [0.5, 0.6) is 0 Å². The summed E-state index contributed by atoms with van der Waals surface area (Å²) in [7, 11) is 0. The molecule has 1 heterocycles. The van der Waals surface area contributed by atoms with E-state index < -0.39 is 11.7 Å². The minimum atomic E-state index is -4.32. The molecule has 1 aliphatic rings. The molecule has 0 aliphatic heterocycles. The maximum Gasteiger partial charge on any atom is 0.416 e. The van der Waals surface area contributed by atoms with Gasteiger partial charge in [0.05, 0.1) is 17.5 Å². The zero-order valence-electron chi connectivity index (χ0n) is 9.96. The van der Waals surface area contributed by atoms with E-state index in [1.165, 1.54) is 12.1 Å². The normalized spacial score (nSPS) is 17.5. The molecule has 3 nitrogen and oxygen atoms in total. The van der Waals surface area contributed by atoms with E-state index in [0.29, 0.717) is 11.3 Å². The summed E-state index contributed by atoms with van der Waals surface area (Å²) in [5.74, 6) is 0. The lowest BCUT2D eigenvalue weighted by Gasteiger charge is -2.10. The van der Waals surface area contributed by atoms with Crippen LogP contribution in [-0.2, 0) is 11.7 Å². The molecule has 100 valence electrons.